The standard InChI is InChI=1S/C20H25NO3S/c22-14-15-4-6-18-16(11-15)12-21(8-10-24-18)13-17-5-7-20(25-17)19-3-1-2-9-23-19/h4-7,11,19,22H,1-3,8-10,12-14H2/t19-/m0/s1. The van der Waals surface area contributed by atoms with Crippen LogP contribution in [0.15, 0.2) is 30.3 Å². The number of nitrogens with zero attached hydrogens (tertiary/aromatic N) is 1. The van der Waals surface area contributed by atoms with E-state index in [0.717, 1.165) is 49.5 Å². The highest BCUT2D eigenvalue weighted by Crippen LogP contribution is 2.33. The van der Waals surface area contributed by atoms with Crippen molar-refractivity contribution in [1.82, 2.24) is 4.90 Å². The van der Waals surface area contributed by atoms with Crippen molar-refractivity contribution in [2.75, 3.05) is 19.8 Å². The van der Waals surface area contributed by atoms with Gasteiger partial charge in [-0.15, -0.1) is 11.3 Å². The smallest absolute Gasteiger partial charge is 0.123 e. The summed E-state index contributed by atoms with van der Waals surface area (Å²) in [5.41, 5.74) is 2.11. The van der Waals surface area contributed by atoms with E-state index in [1.54, 1.807) is 0 Å². The molecular formula is C20H25NO3S. The quantitative estimate of drug-likeness (QED) is 0.900. The minimum absolute atomic E-state index is 0.0724. The molecule has 1 aromatic carbocycles. The lowest BCUT2D eigenvalue weighted by Gasteiger charge is -2.21. The molecule has 3 heterocycles. The van der Waals surface area contributed by atoms with Gasteiger partial charge in [0.1, 0.15) is 12.4 Å². The molecule has 0 radical (unpaired) electrons. The van der Waals surface area contributed by atoms with E-state index in [4.69, 9.17) is 9.47 Å². The Bertz CT molecular complexity index is 709. The average molecular weight is 359 g/mol. The van der Waals surface area contributed by atoms with Crippen molar-refractivity contribution in [3.63, 3.8) is 0 Å². The van der Waals surface area contributed by atoms with Gasteiger partial charge in [0.25, 0.3) is 0 Å². The zero-order valence-corrected chi connectivity index (χ0v) is 15.3. The van der Waals surface area contributed by atoms with Gasteiger partial charge in [-0.3, -0.25) is 4.90 Å². The minimum Gasteiger partial charge on any atom is -0.492 e. The van der Waals surface area contributed by atoms with E-state index in [0.29, 0.717) is 12.7 Å². The van der Waals surface area contributed by atoms with Crippen LogP contribution < -0.4 is 4.74 Å². The molecule has 0 unspecified atom stereocenters. The number of ether oxygens (including phenoxy) is 2. The van der Waals surface area contributed by atoms with Gasteiger partial charge in [-0.05, 0) is 49.1 Å². The third-order valence-corrected chi connectivity index (χ3v) is 6.09. The van der Waals surface area contributed by atoms with Crippen molar-refractivity contribution in [1.29, 1.82) is 0 Å². The maximum absolute atomic E-state index is 9.37. The van der Waals surface area contributed by atoms with Crippen molar-refractivity contribution in [2.45, 2.75) is 45.1 Å². The molecule has 0 spiro atoms. The van der Waals surface area contributed by atoms with Gasteiger partial charge >= 0.3 is 0 Å². The normalized spacial score (nSPS) is 21.4. The van der Waals surface area contributed by atoms with Crippen molar-refractivity contribution in [2.24, 2.45) is 0 Å². The molecule has 25 heavy (non-hydrogen) atoms. The lowest BCUT2D eigenvalue weighted by Crippen LogP contribution is -2.24. The second-order valence-corrected chi connectivity index (χ2v) is 8.02. The van der Waals surface area contributed by atoms with Gasteiger partial charge in [0.15, 0.2) is 0 Å². The Balaban J connectivity index is 1.44. The summed E-state index contributed by atoms with van der Waals surface area (Å²) in [7, 11) is 0. The largest absolute Gasteiger partial charge is 0.492 e. The van der Waals surface area contributed by atoms with Gasteiger partial charge in [-0.1, -0.05) is 6.07 Å². The van der Waals surface area contributed by atoms with Crippen molar-refractivity contribution in [3.8, 4) is 5.75 Å². The van der Waals surface area contributed by atoms with Crippen LogP contribution in [0.3, 0.4) is 0 Å². The van der Waals surface area contributed by atoms with Gasteiger partial charge < -0.3 is 14.6 Å². The lowest BCUT2D eigenvalue weighted by atomic mass is 10.1. The van der Waals surface area contributed by atoms with Crippen molar-refractivity contribution < 1.29 is 14.6 Å². The Morgan fingerprint density at radius 2 is 2.12 bits per heavy atom. The molecule has 1 N–H and O–H groups in total. The Hall–Kier alpha value is -1.40. The number of aliphatic hydroxyl groups excluding tert-OH is 1. The average Bonchev–Trinajstić information content (AvgIpc) is 3.02. The number of rotatable bonds is 4. The highest BCUT2D eigenvalue weighted by molar-refractivity contribution is 7.12. The fraction of sp³-hybridized carbons (Fsp3) is 0.500. The molecule has 1 atom stereocenters. The summed E-state index contributed by atoms with van der Waals surface area (Å²) in [6.07, 6.45) is 3.91. The van der Waals surface area contributed by atoms with Crippen LogP contribution in [0, 0.1) is 0 Å². The van der Waals surface area contributed by atoms with Gasteiger partial charge in [-0.25, -0.2) is 0 Å². The van der Waals surface area contributed by atoms with Crippen molar-refractivity contribution in [3.05, 3.63) is 51.2 Å². The first-order valence-corrected chi connectivity index (χ1v) is 9.91. The predicted octanol–water partition coefficient (Wildman–Crippen LogP) is 3.88. The van der Waals surface area contributed by atoms with Crippen LogP contribution in [0.2, 0.25) is 0 Å². The van der Waals surface area contributed by atoms with Crippen LogP contribution in [0.4, 0.5) is 0 Å². The SMILES string of the molecule is OCc1ccc2c(c1)CN(Cc1ccc([C@@H]3CCCCO3)s1)CCO2. The molecule has 4 nitrogen and oxygen atoms in total. The van der Waals surface area contributed by atoms with Crippen LogP contribution in [-0.2, 0) is 24.4 Å². The molecule has 0 saturated carbocycles. The monoisotopic (exact) mass is 359 g/mol. The number of benzene rings is 1. The Morgan fingerprint density at radius 3 is 2.96 bits per heavy atom. The summed E-state index contributed by atoms with van der Waals surface area (Å²) in [5, 5.41) is 9.37. The lowest BCUT2D eigenvalue weighted by molar-refractivity contribution is 0.0172. The Labute approximate surface area is 153 Å². The van der Waals surface area contributed by atoms with Crippen LogP contribution in [0.1, 0.15) is 46.2 Å². The molecule has 1 saturated heterocycles. The summed E-state index contributed by atoms with van der Waals surface area (Å²) in [6, 6.07) is 10.5. The van der Waals surface area contributed by atoms with E-state index in [1.807, 2.05) is 23.5 Å². The number of hydrogen-bond acceptors (Lipinski definition) is 5. The summed E-state index contributed by atoms with van der Waals surface area (Å²) in [4.78, 5) is 5.17. The zero-order chi connectivity index (χ0) is 17.1. The molecular weight excluding hydrogens is 334 g/mol. The number of fused-ring (bicyclic) bond motifs is 1. The molecule has 134 valence electrons. The summed E-state index contributed by atoms with van der Waals surface area (Å²) in [5.74, 6) is 0.946. The van der Waals surface area contributed by atoms with Gasteiger partial charge in [-0.2, -0.15) is 0 Å². The summed E-state index contributed by atoms with van der Waals surface area (Å²) in [6.45, 7) is 4.37. The van der Waals surface area contributed by atoms with E-state index in [2.05, 4.69) is 23.1 Å². The second kappa shape index (κ2) is 7.87. The molecule has 2 aliphatic rings. The number of thiophene rings is 1. The summed E-state index contributed by atoms with van der Waals surface area (Å²) < 4.78 is 11.8. The fourth-order valence-corrected chi connectivity index (χ4v) is 4.71. The maximum atomic E-state index is 9.37. The van der Waals surface area contributed by atoms with E-state index in [9.17, 15) is 5.11 Å². The van der Waals surface area contributed by atoms with Crippen molar-refractivity contribution >= 4 is 11.3 Å². The molecule has 2 aliphatic heterocycles. The summed E-state index contributed by atoms with van der Waals surface area (Å²) >= 11 is 1.88. The second-order valence-electron chi connectivity index (χ2n) is 6.82. The zero-order valence-electron chi connectivity index (χ0n) is 14.4. The minimum atomic E-state index is 0.0724. The number of hydrogen-bond donors (Lipinski definition) is 1. The first-order valence-electron chi connectivity index (χ1n) is 9.10. The topological polar surface area (TPSA) is 41.9 Å². The van der Waals surface area contributed by atoms with Crippen LogP contribution in [0.25, 0.3) is 0 Å². The molecule has 0 aliphatic carbocycles. The Kier molecular flexibility index (Phi) is 5.36. The predicted molar refractivity (Wildman–Crippen MR) is 98.8 cm³/mol. The Morgan fingerprint density at radius 1 is 1.16 bits per heavy atom. The third-order valence-electron chi connectivity index (χ3n) is 4.93. The van der Waals surface area contributed by atoms with E-state index < -0.39 is 0 Å². The maximum Gasteiger partial charge on any atom is 0.123 e. The molecule has 0 bridgehead atoms. The molecule has 0 amide bonds. The molecule has 5 heteroatoms. The van der Waals surface area contributed by atoms with Crippen LogP contribution in [-0.4, -0.2) is 29.8 Å². The van der Waals surface area contributed by atoms with E-state index in [1.165, 1.54) is 22.6 Å². The van der Waals surface area contributed by atoms with Crippen LogP contribution >= 0.6 is 11.3 Å². The molecule has 1 aromatic heterocycles. The van der Waals surface area contributed by atoms with Gasteiger partial charge in [0.2, 0.25) is 0 Å². The number of aliphatic hydroxyl groups is 1. The first kappa shape index (κ1) is 17.0. The third kappa shape index (κ3) is 4.06. The van der Waals surface area contributed by atoms with Crippen LogP contribution in [0.5, 0.6) is 5.75 Å². The highest BCUT2D eigenvalue weighted by atomic mass is 32.1. The van der Waals surface area contributed by atoms with Gasteiger partial charge in [0, 0.05) is 41.6 Å². The van der Waals surface area contributed by atoms with E-state index in [-0.39, 0.29) is 6.61 Å². The van der Waals surface area contributed by atoms with Gasteiger partial charge in [0.05, 0.1) is 12.7 Å². The fourth-order valence-electron chi connectivity index (χ4n) is 3.57. The molecule has 4 rings (SSSR count). The van der Waals surface area contributed by atoms with E-state index >= 15 is 0 Å². The molecule has 2 aromatic rings. The molecule has 1 fully saturated rings. The first-order chi connectivity index (χ1) is 12.3. The highest BCUT2D eigenvalue weighted by Gasteiger charge is 2.20.